The maximum atomic E-state index is 12.0. The zero-order valence-corrected chi connectivity index (χ0v) is 12.3. The number of nitrogens with zero attached hydrogens (tertiary/aromatic N) is 2. The molecule has 0 aliphatic carbocycles. The van der Waals surface area contributed by atoms with Crippen molar-refractivity contribution in [3.05, 3.63) is 53.3 Å². The van der Waals surface area contributed by atoms with E-state index in [4.69, 9.17) is 0 Å². The number of ketones is 1. The number of hydrogen-bond acceptors (Lipinski definition) is 2. The standard InChI is InChI=1S/C17H22N2O/c1-3-15-13-16(4-2)19(18-15)12-8-11-17(20)14-9-6-5-7-10-14/h5-7,9-10,13H,3-4,8,11-12H2,1-2H3. The monoisotopic (exact) mass is 270 g/mol. The van der Waals surface area contributed by atoms with E-state index in [0.717, 1.165) is 37.1 Å². The van der Waals surface area contributed by atoms with E-state index in [0.29, 0.717) is 6.42 Å². The van der Waals surface area contributed by atoms with Crippen molar-refractivity contribution in [3.8, 4) is 0 Å². The summed E-state index contributed by atoms with van der Waals surface area (Å²) >= 11 is 0. The largest absolute Gasteiger partial charge is 0.294 e. The van der Waals surface area contributed by atoms with Crippen molar-refractivity contribution in [2.75, 3.05) is 0 Å². The first-order valence-corrected chi connectivity index (χ1v) is 7.38. The normalized spacial score (nSPS) is 10.7. The molecular weight excluding hydrogens is 248 g/mol. The molecule has 0 radical (unpaired) electrons. The Labute approximate surface area is 120 Å². The van der Waals surface area contributed by atoms with Gasteiger partial charge in [-0.15, -0.1) is 0 Å². The minimum atomic E-state index is 0.214. The smallest absolute Gasteiger partial charge is 0.162 e. The molecular formula is C17H22N2O. The van der Waals surface area contributed by atoms with Gasteiger partial charge in [-0.1, -0.05) is 44.2 Å². The molecule has 1 heterocycles. The van der Waals surface area contributed by atoms with Crippen molar-refractivity contribution in [1.29, 1.82) is 0 Å². The Morgan fingerprint density at radius 3 is 2.55 bits per heavy atom. The number of aromatic nitrogens is 2. The lowest BCUT2D eigenvalue weighted by Gasteiger charge is -2.05. The second kappa shape index (κ2) is 7.04. The highest BCUT2D eigenvalue weighted by Crippen LogP contribution is 2.10. The van der Waals surface area contributed by atoms with Gasteiger partial charge >= 0.3 is 0 Å². The third kappa shape index (κ3) is 3.56. The molecule has 0 fully saturated rings. The van der Waals surface area contributed by atoms with E-state index in [-0.39, 0.29) is 5.78 Å². The molecule has 106 valence electrons. The predicted molar refractivity (Wildman–Crippen MR) is 81.0 cm³/mol. The van der Waals surface area contributed by atoms with Gasteiger partial charge in [0.05, 0.1) is 5.69 Å². The van der Waals surface area contributed by atoms with Crippen LogP contribution in [-0.2, 0) is 19.4 Å². The molecule has 0 aliphatic rings. The van der Waals surface area contributed by atoms with Crippen LogP contribution in [0.1, 0.15) is 48.4 Å². The molecule has 0 bridgehead atoms. The van der Waals surface area contributed by atoms with Gasteiger partial charge in [-0.2, -0.15) is 5.10 Å². The average molecular weight is 270 g/mol. The van der Waals surface area contributed by atoms with Crippen molar-refractivity contribution in [1.82, 2.24) is 9.78 Å². The van der Waals surface area contributed by atoms with Crippen LogP contribution >= 0.6 is 0 Å². The molecule has 3 nitrogen and oxygen atoms in total. The first-order chi connectivity index (χ1) is 9.74. The van der Waals surface area contributed by atoms with Crippen LogP contribution in [0.4, 0.5) is 0 Å². The Hall–Kier alpha value is -1.90. The van der Waals surface area contributed by atoms with Crippen LogP contribution in [0.3, 0.4) is 0 Å². The maximum Gasteiger partial charge on any atom is 0.162 e. The fourth-order valence-corrected chi connectivity index (χ4v) is 2.32. The number of rotatable bonds is 7. The fourth-order valence-electron chi connectivity index (χ4n) is 2.32. The number of hydrogen-bond donors (Lipinski definition) is 0. The van der Waals surface area contributed by atoms with E-state index in [2.05, 4.69) is 29.7 Å². The molecule has 3 heteroatoms. The SMILES string of the molecule is CCc1cc(CC)n(CCCC(=O)c2ccccc2)n1. The molecule has 1 aromatic heterocycles. The Bertz CT molecular complexity index is 558. The summed E-state index contributed by atoms with van der Waals surface area (Å²) in [6.07, 6.45) is 3.36. The van der Waals surface area contributed by atoms with Gasteiger partial charge in [0.15, 0.2) is 5.78 Å². The Morgan fingerprint density at radius 2 is 1.90 bits per heavy atom. The van der Waals surface area contributed by atoms with Crippen molar-refractivity contribution in [2.45, 2.75) is 46.1 Å². The zero-order valence-electron chi connectivity index (χ0n) is 12.3. The van der Waals surface area contributed by atoms with E-state index >= 15 is 0 Å². The highest BCUT2D eigenvalue weighted by Gasteiger charge is 2.08. The molecule has 0 aliphatic heterocycles. The van der Waals surface area contributed by atoms with Crippen molar-refractivity contribution in [2.24, 2.45) is 0 Å². The van der Waals surface area contributed by atoms with Crippen LogP contribution in [0.15, 0.2) is 36.4 Å². The van der Waals surface area contributed by atoms with Crippen LogP contribution in [0.5, 0.6) is 0 Å². The number of aryl methyl sites for hydroxylation is 3. The molecule has 0 atom stereocenters. The fraction of sp³-hybridized carbons (Fsp3) is 0.412. The molecule has 20 heavy (non-hydrogen) atoms. The topological polar surface area (TPSA) is 34.9 Å². The van der Waals surface area contributed by atoms with Gasteiger partial charge in [-0.05, 0) is 25.3 Å². The van der Waals surface area contributed by atoms with Gasteiger partial charge < -0.3 is 0 Å². The quantitative estimate of drug-likeness (QED) is 0.719. The lowest BCUT2D eigenvalue weighted by Crippen LogP contribution is -2.07. The molecule has 0 amide bonds. The summed E-state index contributed by atoms with van der Waals surface area (Å²) in [5.74, 6) is 0.214. The molecule has 0 N–H and O–H groups in total. The molecule has 2 aromatic rings. The zero-order chi connectivity index (χ0) is 14.4. The van der Waals surface area contributed by atoms with Gasteiger partial charge in [0.2, 0.25) is 0 Å². The average Bonchev–Trinajstić information content (AvgIpc) is 2.90. The minimum Gasteiger partial charge on any atom is -0.294 e. The highest BCUT2D eigenvalue weighted by atomic mass is 16.1. The number of Topliss-reactive ketones (excluding diaryl/α,β-unsaturated/α-hetero) is 1. The van der Waals surface area contributed by atoms with Crippen molar-refractivity contribution >= 4 is 5.78 Å². The number of benzene rings is 1. The summed E-state index contributed by atoms with van der Waals surface area (Å²) in [5.41, 5.74) is 3.20. The van der Waals surface area contributed by atoms with Gasteiger partial charge in [0.25, 0.3) is 0 Å². The van der Waals surface area contributed by atoms with Crippen LogP contribution in [-0.4, -0.2) is 15.6 Å². The first-order valence-electron chi connectivity index (χ1n) is 7.38. The Balaban J connectivity index is 1.90. The van der Waals surface area contributed by atoms with Crippen LogP contribution in [0.25, 0.3) is 0 Å². The molecule has 0 saturated carbocycles. The number of carbonyl (C=O) groups excluding carboxylic acids is 1. The van der Waals surface area contributed by atoms with Gasteiger partial charge in [-0.25, -0.2) is 0 Å². The summed E-state index contributed by atoms with van der Waals surface area (Å²) in [5, 5.41) is 4.57. The van der Waals surface area contributed by atoms with Gasteiger partial charge in [0.1, 0.15) is 0 Å². The van der Waals surface area contributed by atoms with E-state index in [1.54, 1.807) is 0 Å². The van der Waals surface area contributed by atoms with Crippen molar-refractivity contribution in [3.63, 3.8) is 0 Å². The lowest BCUT2D eigenvalue weighted by atomic mass is 10.1. The Kier molecular flexibility index (Phi) is 5.10. The van der Waals surface area contributed by atoms with E-state index in [9.17, 15) is 4.79 Å². The van der Waals surface area contributed by atoms with Gasteiger partial charge in [0, 0.05) is 24.2 Å². The second-order valence-electron chi connectivity index (χ2n) is 4.95. The van der Waals surface area contributed by atoms with Crippen molar-refractivity contribution < 1.29 is 4.79 Å². The van der Waals surface area contributed by atoms with Crippen LogP contribution < -0.4 is 0 Å². The lowest BCUT2D eigenvalue weighted by molar-refractivity contribution is 0.0978. The minimum absolute atomic E-state index is 0.214. The number of carbonyl (C=O) groups is 1. The third-order valence-corrected chi connectivity index (χ3v) is 3.51. The van der Waals surface area contributed by atoms with Crippen LogP contribution in [0.2, 0.25) is 0 Å². The predicted octanol–water partition coefficient (Wildman–Crippen LogP) is 3.67. The van der Waals surface area contributed by atoms with E-state index in [1.165, 1.54) is 5.69 Å². The van der Waals surface area contributed by atoms with E-state index in [1.807, 2.05) is 30.3 Å². The van der Waals surface area contributed by atoms with E-state index < -0.39 is 0 Å². The molecule has 1 aromatic carbocycles. The summed E-state index contributed by atoms with van der Waals surface area (Å²) < 4.78 is 2.05. The molecule has 0 spiro atoms. The summed E-state index contributed by atoms with van der Waals surface area (Å²) in [4.78, 5) is 12.0. The summed E-state index contributed by atoms with van der Waals surface area (Å²) in [6, 6.07) is 11.7. The van der Waals surface area contributed by atoms with Gasteiger partial charge in [-0.3, -0.25) is 9.48 Å². The third-order valence-electron chi connectivity index (χ3n) is 3.51. The first kappa shape index (κ1) is 14.5. The molecule has 2 rings (SSSR count). The molecule has 0 unspecified atom stereocenters. The Morgan fingerprint density at radius 1 is 1.15 bits per heavy atom. The summed E-state index contributed by atoms with van der Waals surface area (Å²) in [7, 11) is 0. The maximum absolute atomic E-state index is 12.0. The second-order valence-corrected chi connectivity index (χ2v) is 4.95. The van der Waals surface area contributed by atoms with Crippen LogP contribution in [0, 0.1) is 0 Å². The molecule has 0 saturated heterocycles. The highest BCUT2D eigenvalue weighted by molar-refractivity contribution is 5.95. The summed E-state index contributed by atoms with van der Waals surface area (Å²) in [6.45, 7) is 5.08.